The van der Waals surface area contributed by atoms with Crippen LogP contribution in [0.2, 0.25) is 0 Å². The van der Waals surface area contributed by atoms with Crippen LogP contribution in [0.5, 0.6) is 0 Å². The van der Waals surface area contributed by atoms with Crippen molar-refractivity contribution in [3.8, 4) is 0 Å². The van der Waals surface area contributed by atoms with Gasteiger partial charge in [0.05, 0.1) is 12.2 Å². The van der Waals surface area contributed by atoms with Crippen LogP contribution in [0.4, 0.5) is 0 Å². The highest BCUT2D eigenvalue weighted by Gasteiger charge is 2.17. The normalized spacial score (nSPS) is 12.5. The third-order valence-electron chi connectivity index (χ3n) is 2.65. The van der Waals surface area contributed by atoms with Gasteiger partial charge in [-0.1, -0.05) is 6.08 Å². The Balaban J connectivity index is 2.48. The van der Waals surface area contributed by atoms with Gasteiger partial charge in [-0.3, -0.25) is 14.4 Å². The predicted molar refractivity (Wildman–Crippen MR) is 67.3 cm³/mol. The van der Waals surface area contributed by atoms with Crippen molar-refractivity contribution in [3.63, 3.8) is 0 Å². The first kappa shape index (κ1) is 13.4. The molecule has 1 aromatic rings. The van der Waals surface area contributed by atoms with Crippen molar-refractivity contribution in [1.82, 2.24) is 20.0 Å². The summed E-state index contributed by atoms with van der Waals surface area (Å²) < 4.78 is 1.76. The van der Waals surface area contributed by atoms with Crippen LogP contribution >= 0.6 is 0 Å². The SMILES string of the molecule is C=CCNC(=O)C(C)N(C)Cc1cnn(C)c1. The number of carbonyl (C=O) groups excluding carboxylic acids is 1. The van der Waals surface area contributed by atoms with Gasteiger partial charge in [-0.05, 0) is 14.0 Å². The van der Waals surface area contributed by atoms with Crippen LogP contribution in [0.1, 0.15) is 12.5 Å². The number of carbonyl (C=O) groups is 1. The van der Waals surface area contributed by atoms with E-state index in [0.717, 1.165) is 5.56 Å². The molecule has 1 N–H and O–H groups in total. The Morgan fingerprint density at radius 2 is 2.47 bits per heavy atom. The van der Waals surface area contributed by atoms with Crippen LogP contribution < -0.4 is 5.32 Å². The Bertz CT molecular complexity index is 386. The molecule has 0 aliphatic carbocycles. The van der Waals surface area contributed by atoms with Crippen molar-refractivity contribution in [3.05, 3.63) is 30.6 Å². The van der Waals surface area contributed by atoms with Gasteiger partial charge in [-0.2, -0.15) is 5.10 Å². The van der Waals surface area contributed by atoms with Gasteiger partial charge in [0.2, 0.25) is 5.91 Å². The first-order valence-corrected chi connectivity index (χ1v) is 5.61. The first-order chi connectivity index (χ1) is 8.04. The Morgan fingerprint density at radius 3 is 3.00 bits per heavy atom. The first-order valence-electron chi connectivity index (χ1n) is 5.61. The van der Waals surface area contributed by atoms with E-state index in [2.05, 4.69) is 17.0 Å². The highest BCUT2D eigenvalue weighted by Crippen LogP contribution is 2.05. The summed E-state index contributed by atoms with van der Waals surface area (Å²) in [6.45, 7) is 6.66. The summed E-state index contributed by atoms with van der Waals surface area (Å²) in [5.74, 6) is 0.0105. The van der Waals surface area contributed by atoms with Crippen LogP contribution in [0, 0.1) is 0 Å². The lowest BCUT2D eigenvalue weighted by molar-refractivity contribution is -0.125. The lowest BCUT2D eigenvalue weighted by Gasteiger charge is -2.22. The maximum atomic E-state index is 11.7. The lowest BCUT2D eigenvalue weighted by Crippen LogP contribution is -2.42. The zero-order chi connectivity index (χ0) is 12.8. The summed E-state index contributed by atoms with van der Waals surface area (Å²) in [6.07, 6.45) is 5.43. The molecular weight excluding hydrogens is 216 g/mol. The molecule has 0 spiro atoms. The molecule has 0 aliphatic rings. The van der Waals surface area contributed by atoms with Crippen molar-refractivity contribution in [2.75, 3.05) is 13.6 Å². The van der Waals surface area contributed by atoms with Gasteiger partial charge >= 0.3 is 0 Å². The third kappa shape index (κ3) is 4.03. The van der Waals surface area contributed by atoms with Crippen LogP contribution in [0.3, 0.4) is 0 Å². The molecular formula is C12H20N4O. The monoisotopic (exact) mass is 236 g/mol. The van der Waals surface area contributed by atoms with Crippen LogP contribution in [0.25, 0.3) is 0 Å². The molecule has 0 saturated carbocycles. The number of aryl methyl sites for hydroxylation is 1. The van der Waals surface area contributed by atoms with Gasteiger partial charge in [0.15, 0.2) is 0 Å². The quantitative estimate of drug-likeness (QED) is 0.734. The summed E-state index contributed by atoms with van der Waals surface area (Å²) in [5.41, 5.74) is 1.10. The summed E-state index contributed by atoms with van der Waals surface area (Å²) in [4.78, 5) is 13.7. The average molecular weight is 236 g/mol. The second-order valence-corrected chi connectivity index (χ2v) is 4.15. The molecule has 1 atom stereocenters. The van der Waals surface area contributed by atoms with Gasteiger partial charge in [0.1, 0.15) is 0 Å². The molecule has 1 heterocycles. The van der Waals surface area contributed by atoms with Crippen molar-refractivity contribution in [2.45, 2.75) is 19.5 Å². The molecule has 0 radical (unpaired) electrons. The molecule has 5 heteroatoms. The average Bonchev–Trinajstić information content (AvgIpc) is 2.70. The maximum Gasteiger partial charge on any atom is 0.237 e. The van der Waals surface area contributed by atoms with E-state index in [0.29, 0.717) is 13.1 Å². The van der Waals surface area contributed by atoms with Crippen molar-refractivity contribution < 1.29 is 4.79 Å². The molecule has 17 heavy (non-hydrogen) atoms. The highest BCUT2D eigenvalue weighted by atomic mass is 16.2. The molecule has 0 saturated heterocycles. The molecule has 0 fully saturated rings. The minimum Gasteiger partial charge on any atom is -0.351 e. The van der Waals surface area contributed by atoms with E-state index >= 15 is 0 Å². The molecule has 0 aromatic carbocycles. The predicted octanol–water partition coefficient (Wildman–Crippen LogP) is 0.543. The molecule has 0 bridgehead atoms. The number of nitrogens with one attached hydrogen (secondary N) is 1. The van der Waals surface area contributed by atoms with Crippen molar-refractivity contribution in [1.29, 1.82) is 0 Å². The molecule has 0 aliphatic heterocycles. The van der Waals surface area contributed by atoms with E-state index in [-0.39, 0.29) is 11.9 Å². The molecule has 1 rings (SSSR count). The van der Waals surface area contributed by atoms with Gasteiger partial charge in [0, 0.05) is 31.9 Å². The number of likely N-dealkylation sites (N-methyl/N-ethyl adjacent to an activating group) is 1. The molecule has 1 aromatic heterocycles. The van der Waals surface area contributed by atoms with E-state index < -0.39 is 0 Å². The topological polar surface area (TPSA) is 50.2 Å². The second-order valence-electron chi connectivity index (χ2n) is 4.15. The fourth-order valence-electron chi connectivity index (χ4n) is 1.50. The van der Waals surface area contributed by atoms with E-state index in [1.807, 2.05) is 38.3 Å². The molecule has 94 valence electrons. The standard InChI is InChI=1S/C12H20N4O/c1-5-6-13-12(17)10(2)15(3)8-11-7-14-16(4)9-11/h5,7,9-10H,1,6,8H2,2-4H3,(H,13,17). The molecule has 1 unspecified atom stereocenters. The van der Waals surface area contributed by atoms with E-state index in [9.17, 15) is 4.79 Å². The zero-order valence-electron chi connectivity index (χ0n) is 10.7. The summed E-state index contributed by atoms with van der Waals surface area (Å²) >= 11 is 0. The number of rotatable bonds is 6. The van der Waals surface area contributed by atoms with Crippen LogP contribution in [-0.2, 0) is 18.4 Å². The minimum absolute atomic E-state index is 0.0105. The van der Waals surface area contributed by atoms with E-state index in [1.165, 1.54) is 0 Å². The highest BCUT2D eigenvalue weighted by molar-refractivity contribution is 5.81. The Hall–Kier alpha value is -1.62. The van der Waals surface area contributed by atoms with E-state index in [1.54, 1.807) is 10.8 Å². The summed E-state index contributed by atoms with van der Waals surface area (Å²) in [6, 6.07) is -0.171. The van der Waals surface area contributed by atoms with E-state index in [4.69, 9.17) is 0 Å². The van der Waals surface area contributed by atoms with Gasteiger partial charge in [-0.15, -0.1) is 6.58 Å². The number of aromatic nitrogens is 2. The third-order valence-corrected chi connectivity index (χ3v) is 2.65. The van der Waals surface area contributed by atoms with Gasteiger partial charge in [0.25, 0.3) is 0 Å². The maximum absolute atomic E-state index is 11.7. The molecule has 1 amide bonds. The zero-order valence-corrected chi connectivity index (χ0v) is 10.7. The van der Waals surface area contributed by atoms with Gasteiger partial charge in [-0.25, -0.2) is 0 Å². The van der Waals surface area contributed by atoms with Gasteiger partial charge < -0.3 is 5.32 Å². The smallest absolute Gasteiger partial charge is 0.237 e. The van der Waals surface area contributed by atoms with Crippen LogP contribution in [-0.4, -0.2) is 40.2 Å². The minimum atomic E-state index is -0.171. The second kappa shape index (κ2) is 6.20. The molecule has 5 nitrogen and oxygen atoms in total. The fraction of sp³-hybridized carbons (Fsp3) is 0.500. The van der Waals surface area contributed by atoms with Crippen LogP contribution in [0.15, 0.2) is 25.0 Å². The van der Waals surface area contributed by atoms with Crippen molar-refractivity contribution in [2.24, 2.45) is 7.05 Å². The summed E-state index contributed by atoms with van der Waals surface area (Å²) in [7, 11) is 3.80. The summed E-state index contributed by atoms with van der Waals surface area (Å²) in [5, 5.41) is 6.88. The Labute approximate surface area is 102 Å². The Morgan fingerprint density at radius 1 is 1.76 bits per heavy atom. The Kier molecular flexibility index (Phi) is 4.90. The number of hydrogen-bond acceptors (Lipinski definition) is 3. The fourth-order valence-corrected chi connectivity index (χ4v) is 1.50. The lowest BCUT2D eigenvalue weighted by atomic mass is 10.2. The van der Waals surface area contributed by atoms with Crippen molar-refractivity contribution >= 4 is 5.91 Å². The number of nitrogens with zero attached hydrogens (tertiary/aromatic N) is 3. The largest absolute Gasteiger partial charge is 0.351 e. The number of hydrogen-bond donors (Lipinski definition) is 1. The number of amides is 1.